The number of rotatable bonds is 7. The summed E-state index contributed by atoms with van der Waals surface area (Å²) in [6.07, 6.45) is 2.26. The van der Waals surface area contributed by atoms with Crippen LogP contribution >= 0.6 is 11.5 Å². The number of carbonyl (C=O) groups is 2. The molecule has 0 bridgehead atoms. The quantitative estimate of drug-likeness (QED) is 0.787. The third-order valence-electron chi connectivity index (χ3n) is 4.83. The predicted octanol–water partition coefficient (Wildman–Crippen LogP) is 3.33. The number of benzene rings is 1. The summed E-state index contributed by atoms with van der Waals surface area (Å²) in [7, 11) is 0. The highest BCUT2D eigenvalue weighted by Gasteiger charge is 2.44. The molecule has 1 aliphatic rings. The normalized spacial score (nSPS) is 15.3. The van der Waals surface area contributed by atoms with E-state index in [1.165, 1.54) is 11.0 Å². The van der Waals surface area contributed by atoms with E-state index in [9.17, 15) is 14.0 Å². The van der Waals surface area contributed by atoms with E-state index in [2.05, 4.69) is 14.9 Å². The number of amides is 2. The van der Waals surface area contributed by atoms with Gasteiger partial charge in [-0.1, -0.05) is 29.6 Å². The molecule has 1 aliphatic carbocycles. The maximum absolute atomic E-state index is 14.6. The van der Waals surface area contributed by atoms with Crippen molar-refractivity contribution in [1.29, 1.82) is 0 Å². The molecule has 6 nitrogen and oxygen atoms in total. The molecule has 144 valence electrons. The molecule has 3 rings (SSSR count). The largest absolute Gasteiger partial charge is 0.349 e. The number of hydrogen-bond donors (Lipinski definition) is 1. The molecule has 2 amide bonds. The summed E-state index contributed by atoms with van der Waals surface area (Å²) in [6.45, 7) is 5.76. The van der Waals surface area contributed by atoms with Crippen LogP contribution in [0, 0.1) is 5.82 Å². The van der Waals surface area contributed by atoms with E-state index in [1.807, 2.05) is 20.8 Å². The smallest absolute Gasteiger partial charge is 0.276 e. The van der Waals surface area contributed by atoms with Crippen molar-refractivity contribution in [2.24, 2.45) is 0 Å². The summed E-state index contributed by atoms with van der Waals surface area (Å²) in [5.74, 6) is -1.30. The van der Waals surface area contributed by atoms with Crippen molar-refractivity contribution in [3.8, 4) is 0 Å². The van der Waals surface area contributed by atoms with Gasteiger partial charge in [-0.2, -0.15) is 0 Å². The Bertz CT molecular complexity index is 821. The van der Waals surface area contributed by atoms with Gasteiger partial charge in [0, 0.05) is 22.5 Å². The van der Waals surface area contributed by atoms with Gasteiger partial charge in [0.25, 0.3) is 5.91 Å². The van der Waals surface area contributed by atoms with Crippen LogP contribution in [0.25, 0.3) is 0 Å². The number of nitrogens with zero attached hydrogens (tertiary/aromatic N) is 3. The zero-order valence-electron chi connectivity index (χ0n) is 15.6. The van der Waals surface area contributed by atoms with Crippen molar-refractivity contribution < 1.29 is 14.0 Å². The van der Waals surface area contributed by atoms with Crippen molar-refractivity contribution in [3.05, 3.63) is 46.7 Å². The van der Waals surface area contributed by atoms with Gasteiger partial charge in [-0.15, -0.1) is 5.10 Å². The minimum absolute atomic E-state index is 0.112. The Kier molecular flexibility index (Phi) is 5.55. The monoisotopic (exact) mass is 390 g/mol. The zero-order valence-corrected chi connectivity index (χ0v) is 16.4. The van der Waals surface area contributed by atoms with Crippen LogP contribution < -0.4 is 5.32 Å². The summed E-state index contributed by atoms with van der Waals surface area (Å²) in [6, 6.07) is 4.93. The molecular weight excluding hydrogens is 367 g/mol. The first-order valence-corrected chi connectivity index (χ1v) is 9.84. The standard InChI is InChI=1S/C19H23FN4O2S/c1-4-19(2,3)21-17(25)16(13-7-5-6-8-14(13)20)24(12-9-10-12)18(26)15-11-27-23-22-15/h5-8,11-12,16H,4,9-10H2,1-3H3,(H,21,25)/t16-/m0/s1. The second-order valence-electron chi connectivity index (χ2n) is 7.38. The third kappa shape index (κ3) is 4.32. The van der Waals surface area contributed by atoms with E-state index in [1.54, 1.807) is 23.6 Å². The molecule has 27 heavy (non-hydrogen) atoms. The molecule has 1 aromatic carbocycles. The van der Waals surface area contributed by atoms with Gasteiger partial charge >= 0.3 is 0 Å². The molecule has 1 heterocycles. The Morgan fingerprint density at radius 3 is 2.63 bits per heavy atom. The van der Waals surface area contributed by atoms with Crippen molar-refractivity contribution in [1.82, 2.24) is 19.8 Å². The maximum atomic E-state index is 14.6. The third-order valence-corrected chi connectivity index (χ3v) is 5.33. The first-order valence-electron chi connectivity index (χ1n) is 9.00. The Balaban J connectivity index is 2.03. The highest BCUT2D eigenvalue weighted by Crippen LogP contribution is 2.37. The molecule has 0 saturated heterocycles. The van der Waals surface area contributed by atoms with Crippen LogP contribution in [-0.2, 0) is 4.79 Å². The molecule has 1 fully saturated rings. The summed E-state index contributed by atoms with van der Waals surface area (Å²) < 4.78 is 18.4. The summed E-state index contributed by atoms with van der Waals surface area (Å²) in [5, 5.41) is 8.36. The second-order valence-corrected chi connectivity index (χ2v) is 7.99. The average molecular weight is 390 g/mol. The van der Waals surface area contributed by atoms with Gasteiger partial charge in [0.05, 0.1) is 0 Å². The van der Waals surface area contributed by atoms with E-state index >= 15 is 0 Å². The van der Waals surface area contributed by atoms with Gasteiger partial charge in [-0.05, 0) is 50.7 Å². The number of halogens is 1. The van der Waals surface area contributed by atoms with E-state index in [-0.39, 0.29) is 17.3 Å². The number of hydrogen-bond acceptors (Lipinski definition) is 5. The molecule has 2 aromatic rings. The predicted molar refractivity (Wildman–Crippen MR) is 101 cm³/mol. The molecule has 1 aromatic heterocycles. The molecule has 1 saturated carbocycles. The first-order chi connectivity index (χ1) is 12.8. The van der Waals surface area contributed by atoms with Crippen LogP contribution in [0.3, 0.4) is 0 Å². The van der Waals surface area contributed by atoms with Crippen LogP contribution in [0.1, 0.15) is 62.1 Å². The van der Waals surface area contributed by atoms with Crippen LogP contribution in [0.15, 0.2) is 29.6 Å². The van der Waals surface area contributed by atoms with Crippen LogP contribution in [0.4, 0.5) is 4.39 Å². The molecule has 8 heteroatoms. The van der Waals surface area contributed by atoms with Crippen molar-refractivity contribution in [2.45, 2.75) is 57.7 Å². The fourth-order valence-electron chi connectivity index (χ4n) is 2.84. The molecule has 0 unspecified atom stereocenters. The SMILES string of the molecule is CCC(C)(C)NC(=O)[C@H](c1ccccc1F)N(C(=O)c1csnn1)C1CC1. The lowest BCUT2D eigenvalue weighted by Gasteiger charge is -2.34. The Labute approximate surface area is 161 Å². The second kappa shape index (κ2) is 7.72. The fourth-order valence-corrected chi connectivity index (χ4v) is 3.27. The molecule has 0 radical (unpaired) electrons. The number of nitrogens with one attached hydrogen (secondary N) is 1. The van der Waals surface area contributed by atoms with E-state index < -0.39 is 29.2 Å². The molecule has 1 atom stereocenters. The lowest BCUT2D eigenvalue weighted by atomic mass is 9.98. The van der Waals surface area contributed by atoms with Gasteiger partial charge < -0.3 is 10.2 Å². The van der Waals surface area contributed by atoms with E-state index in [0.717, 1.165) is 24.4 Å². The van der Waals surface area contributed by atoms with Crippen LogP contribution in [0.5, 0.6) is 0 Å². The lowest BCUT2D eigenvalue weighted by molar-refractivity contribution is -0.128. The summed E-state index contributed by atoms with van der Waals surface area (Å²) >= 11 is 1.07. The van der Waals surface area contributed by atoms with Gasteiger partial charge in [0.2, 0.25) is 5.91 Å². The van der Waals surface area contributed by atoms with Gasteiger partial charge in [-0.3, -0.25) is 9.59 Å². The summed E-state index contributed by atoms with van der Waals surface area (Å²) in [5.41, 5.74) is -0.109. The van der Waals surface area contributed by atoms with Crippen molar-refractivity contribution in [3.63, 3.8) is 0 Å². The van der Waals surface area contributed by atoms with Gasteiger partial charge in [-0.25, -0.2) is 4.39 Å². The number of aromatic nitrogens is 2. The Hall–Kier alpha value is -2.35. The average Bonchev–Trinajstić information content (AvgIpc) is 3.31. The lowest BCUT2D eigenvalue weighted by Crippen LogP contribution is -2.51. The highest BCUT2D eigenvalue weighted by atomic mass is 32.1. The summed E-state index contributed by atoms with van der Waals surface area (Å²) in [4.78, 5) is 27.8. The Morgan fingerprint density at radius 2 is 2.07 bits per heavy atom. The van der Waals surface area contributed by atoms with Crippen molar-refractivity contribution >= 4 is 23.3 Å². The molecule has 0 spiro atoms. The zero-order chi connectivity index (χ0) is 19.6. The molecule has 1 N–H and O–H groups in total. The number of carbonyl (C=O) groups excluding carboxylic acids is 2. The van der Waals surface area contributed by atoms with Gasteiger partial charge in [0.15, 0.2) is 5.69 Å². The minimum atomic E-state index is -1.06. The highest BCUT2D eigenvalue weighted by molar-refractivity contribution is 7.03. The Morgan fingerprint density at radius 1 is 1.37 bits per heavy atom. The fraction of sp³-hybridized carbons (Fsp3) is 0.474. The van der Waals surface area contributed by atoms with E-state index in [0.29, 0.717) is 6.42 Å². The molecule has 0 aliphatic heterocycles. The molecular formula is C19H23FN4O2S. The van der Waals surface area contributed by atoms with Crippen LogP contribution in [-0.4, -0.2) is 37.9 Å². The van der Waals surface area contributed by atoms with E-state index in [4.69, 9.17) is 0 Å². The van der Waals surface area contributed by atoms with Crippen LogP contribution in [0.2, 0.25) is 0 Å². The van der Waals surface area contributed by atoms with Crippen molar-refractivity contribution in [2.75, 3.05) is 0 Å². The minimum Gasteiger partial charge on any atom is -0.349 e. The maximum Gasteiger partial charge on any atom is 0.276 e. The topological polar surface area (TPSA) is 75.2 Å². The first kappa shape index (κ1) is 19.4. The van der Waals surface area contributed by atoms with Gasteiger partial charge in [0.1, 0.15) is 11.9 Å².